The van der Waals surface area contributed by atoms with Crippen molar-refractivity contribution in [3.8, 4) is 0 Å². The topological polar surface area (TPSA) is 102 Å². The number of aromatic amines is 1. The number of rotatable bonds is 5. The fourth-order valence-electron chi connectivity index (χ4n) is 1.71. The fraction of sp³-hybridized carbons (Fsp3) is 0.167. The van der Waals surface area contributed by atoms with Crippen molar-refractivity contribution in [3.63, 3.8) is 0 Å². The van der Waals surface area contributed by atoms with E-state index in [0.717, 1.165) is 0 Å². The first-order valence-corrected chi connectivity index (χ1v) is 6.00. The van der Waals surface area contributed by atoms with E-state index in [9.17, 15) is 4.79 Å². The molecule has 0 bridgehead atoms. The van der Waals surface area contributed by atoms with Crippen LogP contribution in [0.3, 0.4) is 0 Å². The van der Waals surface area contributed by atoms with E-state index in [2.05, 4.69) is 25.6 Å². The predicted molar refractivity (Wildman–Crippen MR) is 67.6 cm³/mol. The Labute approximate surface area is 113 Å². The standard InChI is InChI=1S/C12H12N6O2/c19-12(13-6-11-14-8-15-17-11)10-3-2-9(20-10)7-18-5-1-4-16-18/h1-5,8H,6-7H2,(H,13,19)(H,14,15,17). The molecule has 0 aliphatic carbocycles. The van der Waals surface area contributed by atoms with Crippen molar-refractivity contribution in [1.29, 1.82) is 0 Å². The van der Waals surface area contributed by atoms with E-state index in [1.807, 2.05) is 12.3 Å². The van der Waals surface area contributed by atoms with Crippen molar-refractivity contribution in [3.05, 3.63) is 54.3 Å². The highest BCUT2D eigenvalue weighted by atomic mass is 16.4. The summed E-state index contributed by atoms with van der Waals surface area (Å²) in [6.07, 6.45) is 4.90. The van der Waals surface area contributed by atoms with Crippen LogP contribution in [0.15, 0.2) is 41.3 Å². The van der Waals surface area contributed by atoms with E-state index in [-0.39, 0.29) is 18.2 Å². The molecule has 0 aliphatic heterocycles. The molecule has 0 saturated carbocycles. The Morgan fingerprint density at radius 2 is 2.40 bits per heavy atom. The molecular formula is C12H12N6O2. The van der Waals surface area contributed by atoms with Crippen LogP contribution < -0.4 is 5.32 Å². The Balaban J connectivity index is 1.59. The van der Waals surface area contributed by atoms with Crippen LogP contribution in [0.25, 0.3) is 0 Å². The molecule has 3 rings (SSSR count). The van der Waals surface area contributed by atoms with Crippen LogP contribution in [0, 0.1) is 0 Å². The molecule has 0 radical (unpaired) electrons. The van der Waals surface area contributed by atoms with Crippen LogP contribution >= 0.6 is 0 Å². The first-order valence-electron chi connectivity index (χ1n) is 6.00. The molecule has 0 aliphatic rings. The van der Waals surface area contributed by atoms with Gasteiger partial charge in [0.15, 0.2) is 5.76 Å². The summed E-state index contributed by atoms with van der Waals surface area (Å²) in [5, 5.41) is 13.1. The third-order valence-electron chi connectivity index (χ3n) is 2.64. The number of carbonyl (C=O) groups excluding carboxylic acids is 1. The van der Waals surface area contributed by atoms with Gasteiger partial charge in [0.2, 0.25) is 0 Å². The number of hydrogen-bond donors (Lipinski definition) is 2. The van der Waals surface area contributed by atoms with Gasteiger partial charge >= 0.3 is 0 Å². The minimum absolute atomic E-state index is 0.256. The van der Waals surface area contributed by atoms with E-state index in [1.54, 1.807) is 23.0 Å². The molecular weight excluding hydrogens is 260 g/mol. The van der Waals surface area contributed by atoms with Gasteiger partial charge in [-0.1, -0.05) is 0 Å². The maximum Gasteiger partial charge on any atom is 0.287 e. The predicted octanol–water partition coefficient (Wildman–Crippen LogP) is 0.572. The van der Waals surface area contributed by atoms with Gasteiger partial charge in [-0.15, -0.1) is 0 Å². The first-order chi connectivity index (χ1) is 9.81. The third-order valence-corrected chi connectivity index (χ3v) is 2.64. The summed E-state index contributed by atoms with van der Waals surface area (Å²) in [7, 11) is 0. The molecule has 0 fully saturated rings. The highest BCUT2D eigenvalue weighted by Crippen LogP contribution is 2.09. The number of aromatic nitrogens is 5. The van der Waals surface area contributed by atoms with Crippen LogP contribution in [0.2, 0.25) is 0 Å². The lowest BCUT2D eigenvalue weighted by Crippen LogP contribution is -2.22. The second-order valence-electron chi connectivity index (χ2n) is 4.08. The Morgan fingerprint density at radius 3 is 3.15 bits per heavy atom. The zero-order valence-electron chi connectivity index (χ0n) is 10.5. The van der Waals surface area contributed by atoms with Crippen molar-refractivity contribution < 1.29 is 9.21 Å². The summed E-state index contributed by atoms with van der Waals surface area (Å²) >= 11 is 0. The molecule has 20 heavy (non-hydrogen) atoms. The summed E-state index contributed by atoms with van der Waals surface area (Å²) in [4.78, 5) is 15.8. The average Bonchev–Trinajstić information content (AvgIpc) is 3.19. The van der Waals surface area contributed by atoms with Crippen molar-refractivity contribution in [2.75, 3.05) is 0 Å². The molecule has 2 N–H and O–H groups in total. The number of nitrogens with zero attached hydrogens (tertiary/aromatic N) is 4. The van der Waals surface area contributed by atoms with Gasteiger partial charge in [-0.3, -0.25) is 14.6 Å². The van der Waals surface area contributed by atoms with Gasteiger partial charge in [0.25, 0.3) is 5.91 Å². The number of hydrogen-bond acceptors (Lipinski definition) is 5. The maximum atomic E-state index is 11.9. The SMILES string of the molecule is O=C(NCc1ncn[nH]1)c1ccc(Cn2cccn2)o1. The van der Waals surface area contributed by atoms with E-state index in [4.69, 9.17) is 4.42 Å². The summed E-state index contributed by atoms with van der Waals surface area (Å²) < 4.78 is 7.19. The number of nitrogens with one attached hydrogen (secondary N) is 2. The van der Waals surface area contributed by atoms with E-state index < -0.39 is 0 Å². The maximum absolute atomic E-state index is 11.9. The summed E-state index contributed by atoms with van der Waals surface area (Å²) in [5.41, 5.74) is 0. The van der Waals surface area contributed by atoms with Gasteiger partial charge in [-0.05, 0) is 18.2 Å². The highest BCUT2D eigenvalue weighted by Gasteiger charge is 2.11. The third kappa shape index (κ3) is 2.74. The molecule has 102 valence electrons. The smallest absolute Gasteiger partial charge is 0.287 e. The Bertz CT molecular complexity index is 671. The van der Waals surface area contributed by atoms with Crippen molar-refractivity contribution in [2.45, 2.75) is 13.1 Å². The largest absolute Gasteiger partial charge is 0.454 e. The quantitative estimate of drug-likeness (QED) is 0.707. The number of furan rings is 1. The lowest BCUT2D eigenvalue weighted by Gasteiger charge is -2.00. The Morgan fingerprint density at radius 1 is 1.45 bits per heavy atom. The second-order valence-corrected chi connectivity index (χ2v) is 4.08. The molecule has 0 saturated heterocycles. The van der Waals surface area contributed by atoms with Crippen LogP contribution in [0.5, 0.6) is 0 Å². The van der Waals surface area contributed by atoms with Crippen molar-refractivity contribution in [2.24, 2.45) is 0 Å². The van der Waals surface area contributed by atoms with Crippen molar-refractivity contribution >= 4 is 5.91 Å². The van der Waals surface area contributed by atoms with Crippen molar-refractivity contribution in [1.82, 2.24) is 30.3 Å². The van der Waals surface area contributed by atoms with Gasteiger partial charge in [0.1, 0.15) is 17.9 Å². The van der Waals surface area contributed by atoms with Gasteiger partial charge in [-0.2, -0.15) is 10.2 Å². The van der Waals surface area contributed by atoms with Crippen LogP contribution in [-0.2, 0) is 13.1 Å². The lowest BCUT2D eigenvalue weighted by molar-refractivity contribution is 0.0920. The average molecular weight is 272 g/mol. The molecule has 3 heterocycles. The Hall–Kier alpha value is -2.90. The summed E-state index contributed by atoms with van der Waals surface area (Å²) in [5.74, 6) is 1.21. The molecule has 8 heteroatoms. The molecule has 1 amide bonds. The van der Waals surface area contributed by atoms with E-state index in [1.165, 1.54) is 6.33 Å². The minimum atomic E-state index is -0.298. The molecule has 8 nitrogen and oxygen atoms in total. The highest BCUT2D eigenvalue weighted by molar-refractivity contribution is 5.91. The Kier molecular flexibility index (Phi) is 3.27. The number of amides is 1. The molecule has 0 aromatic carbocycles. The normalized spacial score (nSPS) is 10.6. The molecule has 3 aromatic heterocycles. The van der Waals surface area contributed by atoms with E-state index >= 15 is 0 Å². The van der Waals surface area contributed by atoms with Gasteiger partial charge in [-0.25, -0.2) is 4.98 Å². The van der Waals surface area contributed by atoms with Crippen LogP contribution in [0.1, 0.15) is 22.1 Å². The van der Waals surface area contributed by atoms with Crippen LogP contribution in [-0.4, -0.2) is 30.9 Å². The number of H-pyrrole nitrogens is 1. The zero-order chi connectivity index (χ0) is 13.8. The molecule has 0 spiro atoms. The van der Waals surface area contributed by atoms with Gasteiger partial charge in [0, 0.05) is 12.4 Å². The second kappa shape index (κ2) is 5.39. The van der Waals surface area contributed by atoms with Crippen LogP contribution in [0.4, 0.5) is 0 Å². The summed E-state index contributed by atoms with van der Waals surface area (Å²) in [6, 6.07) is 5.22. The molecule has 0 unspecified atom stereocenters. The summed E-state index contributed by atoms with van der Waals surface area (Å²) in [6.45, 7) is 0.760. The molecule has 3 aromatic rings. The van der Waals surface area contributed by atoms with Gasteiger partial charge in [0.05, 0.1) is 13.1 Å². The van der Waals surface area contributed by atoms with Gasteiger partial charge < -0.3 is 9.73 Å². The lowest BCUT2D eigenvalue weighted by atomic mass is 10.4. The zero-order valence-corrected chi connectivity index (χ0v) is 10.5. The number of carbonyl (C=O) groups is 1. The fourth-order valence-corrected chi connectivity index (χ4v) is 1.71. The molecule has 0 atom stereocenters. The monoisotopic (exact) mass is 272 g/mol. The first kappa shape index (κ1) is 12.2. The van der Waals surface area contributed by atoms with E-state index in [0.29, 0.717) is 18.1 Å². The minimum Gasteiger partial charge on any atom is -0.454 e.